The summed E-state index contributed by atoms with van der Waals surface area (Å²) >= 11 is 0. The SMILES string of the molecule is CCCCNCC1COc2c(C)c(C)cc(C)c2C1=O. The first-order valence-electron chi connectivity index (χ1n) is 7.54. The van der Waals surface area contributed by atoms with Gasteiger partial charge in [0.1, 0.15) is 5.75 Å². The maximum Gasteiger partial charge on any atom is 0.174 e. The summed E-state index contributed by atoms with van der Waals surface area (Å²) in [5, 5.41) is 3.36. The quantitative estimate of drug-likeness (QED) is 0.839. The first-order valence-corrected chi connectivity index (χ1v) is 7.54. The summed E-state index contributed by atoms with van der Waals surface area (Å²) in [6.07, 6.45) is 2.32. The minimum absolute atomic E-state index is 0.0554. The van der Waals surface area contributed by atoms with E-state index >= 15 is 0 Å². The Morgan fingerprint density at radius 2 is 2.05 bits per heavy atom. The summed E-state index contributed by atoms with van der Waals surface area (Å²) in [6.45, 7) is 10.4. The number of fused-ring (bicyclic) bond motifs is 1. The Bertz CT molecular complexity index is 508. The second-order valence-electron chi connectivity index (χ2n) is 5.77. The molecule has 1 aliphatic rings. The highest BCUT2D eigenvalue weighted by atomic mass is 16.5. The van der Waals surface area contributed by atoms with Crippen LogP contribution in [-0.2, 0) is 0 Å². The van der Waals surface area contributed by atoms with E-state index in [-0.39, 0.29) is 11.7 Å². The van der Waals surface area contributed by atoms with Gasteiger partial charge in [0.25, 0.3) is 0 Å². The van der Waals surface area contributed by atoms with Crippen molar-refractivity contribution >= 4 is 5.78 Å². The molecule has 0 fully saturated rings. The zero-order chi connectivity index (χ0) is 14.7. The van der Waals surface area contributed by atoms with E-state index in [4.69, 9.17) is 4.74 Å². The Hall–Kier alpha value is -1.35. The second kappa shape index (κ2) is 6.40. The lowest BCUT2D eigenvalue weighted by Crippen LogP contribution is -2.37. The highest BCUT2D eigenvalue weighted by molar-refractivity contribution is 6.03. The molecule has 0 aromatic heterocycles. The van der Waals surface area contributed by atoms with Crippen LogP contribution in [0.15, 0.2) is 6.07 Å². The largest absolute Gasteiger partial charge is 0.492 e. The fraction of sp³-hybridized carbons (Fsp3) is 0.588. The Labute approximate surface area is 121 Å². The van der Waals surface area contributed by atoms with E-state index in [1.54, 1.807) is 0 Å². The smallest absolute Gasteiger partial charge is 0.174 e. The van der Waals surface area contributed by atoms with E-state index in [0.717, 1.165) is 35.4 Å². The number of hydrogen-bond donors (Lipinski definition) is 1. The fourth-order valence-electron chi connectivity index (χ4n) is 2.73. The van der Waals surface area contributed by atoms with Gasteiger partial charge in [-0.1, -0.05) is 19.4 Å². The van der Waals surface area contributed by atoms with Gasteiger partial charge in [0, 0.05) is 6.54 Å². The number of ketones is 1. The van der Waals surface area contributed by atoms with E-state index in [2.05, 4.69) is 25.2 Å². The average molecular weight is 275 g/mol. The topological polar surface area (TPSA) is 38.3 Å². The molecule has 0 bridgehead atoms. The number of carbonyl (C=O) groups is 1. The molecule has 0 aliphatic carbocycles. The predicted molar refractivity (Wildman–Crippen MR) is 81.7 cm³/mol. The van der Waals surface area contributed by atoms with Crippen molar-refractivity contribution in [3.8, 4) is 5.75 Å². The monoisotopic (exact) mass is 275 g/mol. The molecule has 1 unspecified atom stereocenters. The van der Waals surface area contributed by atoms with Gasteiger partial charge in [0.05, 0.1) is 18.1 Å². The van der Waals surface area contributed by atoms with Crippen molar-refractivity contribution < 1.29 is 9.53 Å². The van der Waals surface area contributed by atoms with E-state index in [1.165, 1.54) is 12.0 Å². The molecule has 0 radical (unpaired) electrons. The number of carbonyl (C=O) groups excluding carboxylic acids is 1. The molecule has 110 valence electrons. The Balaban J connectivity index is 2.15. The van der Waals surface area contributed by atoms with E-state index in [9.17, 15) is 4.79 Å². The number of Topliss-reactive ketones (excluding diaryl/α,β-unsaturated/α-hetero) is 1. The van der Waals surface area contributed by atoms with Gasteiger partial charge in [0.2, 0.25) is 0 Å². The van der Waals surface area contributed by atoms with Crippen LogP contribution in [0.25, 0.3) is 0 Å². The molecule has 0 spiro atoms. The first-order chi connectivity index (χ1) is 9.56. The number of aryl methyl sites for hydroxylation is 2. The zero-order valence-electron chi connectivity index (χ0n) is 13.0. The molecule has 0 amide bonds. The molecule has 0 saturated carbocycles. The lowest BCUT2D eigenvalue weighted by atomic mass is 9.88. The van der Waals surface area contributed by atoms with Gasteiger partial charge >= 0.3 is 0 Å². The summed E-state index contributed by atoms with van der Waals surface area (Å²) in [4.78, 5) is 12.6. The maximum atomic E-state index is 12.6. The summed E-state index contributed by atoms with van der Waals surface area (Å²) in [5.41, 5.74) is 4.11. The van der Waals surface area contributed by atoms with Crippen LogP contribution < -0.4 is 10.1 Å². The van der Waals surface area contributed by atoms with Crippen LogP contribution in [0.4, 0.5) is 0 Å². The summed E-state index contributed by atoms with van der Waals surface area (Å²) in [7, 11) is 0. The van der Waals surface area contributed by atoms with Crippen LogP contribution in [0, 0.1) is 26.7 Å². The number of benzene rings is 1. The van der Waals surface area contributed by atoms with Crippen LogP contribution in [0.5, 0.6) is 5.75 Å². The average Bonchev–Trinajstić information content (AvgIpc) is 2.42. The van der Waals surface area contributed by atoms with Crippen LogP contribution in [0.2, 0.25) is 0 Å². The number of nitrogens with one attached hydrogen (secondary N) is 1. The summed E-state index contributed by atoms with van der Waals surface area (Å²) in [6, 6.07) is 2.09. The molecule has 0 saturated heterocycles. The highest BCUT2D eigenvalue weighted by Gasteiger charge is 2.31. The number of hydrogen-bond acceptors (Lipinski definition) is 3. The van der Waals surface area contributed by atoms with Crippen molar-refractivity contribution in [2.45, 2.75) is 40.5 Å². The van der Waals surface area contributed by atoms with Crippen LogP contribution in [0.3, 0.4) is 0 Å². The third kappa shape index (κ3) is 2.88. The molecule has 3 nitrogen and oxygen atoms in total. The minimum Gasteiger partial charge on any atom is -0.492 e. The van der Waals surface area contributed by atoms with Gasteiger partial charge in [-0.25, -0.2) is 0 Å². The molecule has 20 heavy (non-hydrogen) atoms. The minimum atomic E-state index is -0.0554. The number of ether oxygens (including phenoxy) is 1. The van der Waals surface area contributed by atoms with Crippen molar-refractivity contribution in [2.75, 3.05) is 19.7 Å². The maximum absolute atomic E-state index is 12.6. The fourth-order valence-corrected chi connectivity index (χ4v) is 2.73. The normalized spacial score (nSPS) is 17.8. The lowest BCUT2D eigenvalue weighted by molar-refractivity contribution is 0.0827. The van der Waals surface area contributed by atoms with E-state index < -0.39 is 0 Å². The second-order valence-corrected chi connectivity index (χ2v) is 5.77. The van der Waals surface area contributed by atoms with Gasteiger partial charge in [0.15, 0.2) is 5.78 Å². The molecule has 1 heterocycles. The molecule has 3 heteroatoms. The van der Waals surface area contributed by atoms with Crippen molar-refractivity contribution in [1.82, 2.24) is 5.32 Å². The van der Waals surface area contributed by atoms with Crippen LogP contribution in [0.1, 0.15) is 46.8 Å². The summed E-state index contributed by atoms with van der Waals surface area (Å²) in [5.74, 6) is 0.980. The van der Waals surface area contributed by atoms with Gasteiger partial charge in [-0.2, -0.15) is 0 Å². The van der Waals surface area contributed by atoms with Crippen LogP contribution in [-0.4, -0.2) is 25.5 Å². The molecular formula is C17H25NO2. The Morgan fingerprint density at radius 1 is 1.30 bits per heavy atom. The number of unbranched alkanes of at least 4 members (excludes halogenated alkanes) is 1. The molecular weight excluding hydrogens is 250 g/mol. The van der Waals surface area contributed by atoms with Crippen molar-refractivity contribution in [2.24, 2.45) is 5.92 Å². The molecule has 2 rings (SSSR count). The third-order valence-corrected chi connectivity index (χ3v) is 4.13. The Morgan fingerprint density at radius 3 is 2.75 bits per heavy atom. The van der Waals surface area contributed by atoms with Gasteiger partial charge in [-0.05, 0) is 50.4 Å². The molecule has 1 aromatic carbocycles. The van der Waals surface area contributed by atoms with Gasteiger partial charge in [-0.3, -0.25) is 4.79 Å². The predicted octanol–water partition coefficient (Wildman–Crippen LogP) is 3.19. The van der Waals surface area contributed by atoms with Gasteiger partial charge in [-0.15, -0.1) is 0 Å². The van der Waals surface area contributed by atoms with E-state index in [0.29, 0.717) is 13.2 Å². The van der Waals surface area contributed by atoms with Gasteiger partial charge < -0.3 is 10.1 Å². The standard InChI is InChI=1S/C17H25NO2/c1-5-6-7-18-9-14-10-20-17-13(4)11(2)8-12(3)15(17)16(14)19/h8,14,18H,5-7,9-10H2,1-4H3. The molecule has 1 aliphatic heterocycles. The lowest BCUT2D eigenvalue weighted by Gasteiger charge is -2.27. The first kappa shape index (κ1) is 15.0. The van der Waals surface area contributed by atoms with E-state index in [1.807, 2.05) is 13.8 Å². The zero-order valence-corrected chi connectivity index (χ0v) is 13.0. The molecule has 1 N–H and O–H groups in total. The van der Waals surface area contributed by atoms with Crippen LogP contribution >= 0.6 is 0 Å². The van der Waals surface area contributed by atoms with Crippen molar-refractivity contribution in [3.63, 3.8) is 0 Å². The molecule has 1 atom stereocenters. The number of rotatable bonds is 5. The summed E-state index contributed by atoms with van der Waals surface area (Å²) < 4.78 is 5.90. The van der Waals surface area contributed by atoms with Crippen molar-refractivity contribution in [1.29, 1.82) is 0 Å². The molecule has 1 aromatic rings. The third-order valence-electron chi connectivity index (χ3n) is 4.13. The Kier molecular flexibility index (Phi) is 4.81. The highest BCUT2D eigenvalue weighted by Crippen LogP contribution is 2.34. The van der Waals surface area contributed by atoms with Crippen molar-refractivity contribution in [3.05, 3.63) is 28.3 Å².